The third-order valence-corrected chi connectivity index (χ3v) is 5.51. The largest absolute Gasteiger partial charge is 0.465 e. The molecule has 0 aliphatic carbocycles. The maximum absolute atomic E-state index is 10.9. The Bertz CT molecular complexity index is 730. The molecule has 0 aliphatic heterocycles. The van der Waals surface area contributed by atoms with E-state index in [4.69, 9.17) is 44.0 Å². The van der Waals surface area contributed by atoms with Crippen LogP contribution in [0.2, 0.25) is 0 Å². The number of thiocarbonyl (C=S) groups is 2. The van der Waals surface area contributed by atoms with Gasteiger partial charge >= 0.3 is 6.09 Å². The minimum Gasteiger partial charge on any atom is -0.465 e. The van der Waals surface area contributed by atoms with Crippen LogP contribution in [0, 0.1) is 0 Å². The molecule has 0 fully saturated rings. The molecule has 0 aromatic carbocycles. The molecule has 0 bridgehead atoms. The topological polar surface area (TPSA) is 93.2 Å². The van der Waals surface area contributed by atoms with Crippen LogP contribution in [0.15, 0.2) is 0 Å². The monoisotopic (exact) mass is 783 g/mol. The maximum atomic E-state index is 10.9. The lowest BCUT2D eigenvalue weighted by Gasteiger charge is -2.28. The molecule has 0 aromatic heterocycles. The first-order chi connectivity index (χ1) is 19.4. The third-order valence-electron chi connectivity index (χ3n) is 4.59. The Labute approximate surface area is 334 Å². The van der Waals surface area contributed by atoms with Crippen molar-refractivity contribution in [1.29, 1.82) is 0 Å². The first kappa shape index (κ1) is 78.5. The third kappa shape index (κ3) is 67.2. The molecule has 0 saturated carbocycles. The van der Waals surface area contributed by atoms with Crippen molar-refractivity contribution < 1.29 is 24.3 Å². The first-order valence-electron chi connectivity index (χ1n) is 14.9. The fourth-order valence-corrected chi connectivity index (χ4v) is 1.97. The Kier molecular flexibility index (Phi) is 52.8. The zero-order valence-corrected chi connectivity index (χ0v) is 35.3. The summed E-state index contributed by atoms with van der Waals surface area (Å²) in [5, 5.41) is 16.2. The van der Waals surface area contributed by atoms with E-state index in [-0.39, 0.29) is 78.5 Å². The molecule has 2 N–H and O–H groups in total. The summed E-state index contributed by atoms with van der Waals surface area (Å²) < 4.78 is 10.3. The second-order valence-electron chi connectivity index (χ2n) is 15.9. The van der Waals surface area contributed by atoms with E-state index >= 15 is 0 Å². The van der Waals surface area contributed by atoms with Crippen LogP contribution in [0.3, 0.4) is 0 Å². The molecular weight excluding hydrogens is 685 g/mol. The number of hydrogen-bond acceptors (Lipinski definition) is 9. The van der Waals surface area contributed by atoms with Crippen LogP contribution in [-0.2, 0) is 14.3 Å². The zero-order chi connectivity index (χ0) is 37.9. The fraction of sp³-hybridized carbons (Fsp3) is 0.921. The highest BCUT2D eigenvalue weighted by atomic mass is 32.1. The van der Waals surface area contributed by atoms with Gasteiger partial charge in [0.25, 0.3) is 5.17 Å². The number of ether oxygens (including phenoxy) is 2. The average molecular weight is 783 g/mol. The highest BCUT2D eigenvalue weighted by Gasteiger charge is 2.17. The minimum atomic E-state index is -0.388. The van der Waals surface area contributed by atoms with Crippen molar-refractivity contribution in [2.45, 2.75) is 176 Å². The van der Waals surface area contributed by atoms with Gasteiger partial charge in [-0.25, -0.2) is 4.79 Å². The molecule has 0 heterocycles. The fourth-order valence-electron chi connectivity index (χ4n) is 1.41. The summed E-state index contributed by atoms with van der Waals surface area (Å²) in [5.74, 6) is 0. The Balaban J connectivity index is -0.0000000426. The average Bonchev–Trinajstić information content (AvgIpc) is 2.75. The molecule has 0 aromatic rings. The molecule has 0 rings (SSSR count). The number of nitrogens with zero attached hydrogens (tertiary/aromatic N) is 5. The Morgan fingerprint density at radius 1 is 0.549 bits per heavy atom. The summed E-state index contributed by atoms with van der Waals surface area (Å²) in [6.45, 7) is 29.8. The highest BCUT2D eigenvalue weighted by Crippen LogP contribution is 2.10. The van der Waals surface area contributed by atoms with Gasteiger partial charge in [-0.05, 0) is 128 Å². The summed E-state index contributed by atoms with van der Waals surface area (Å²) in [6, 6.07) is 0. The number of amides is 1. The summed E-state index contributed by atoms with van der Waals surface area (Å²) in [7, 11) is 16.2. The molecule has 0 radical (unpaired) electrons. The van der Waals surface area contributed by atoms with Crippen molar-refractivity contribution in [3.05, 3.63) is 0 Å². The van der Waals surface area contributed by atoms with E-state index in [0.717, 1.165) is 5.11 Å². The molecule has 0 atom stereocenters. The van der Waals surface area contributed by atoms with Crippen LogP contribution < -0.4 is 5.32 Å². The van der Waals surface area contributed by atoms with Crippen LogP contribution in [-0.4, -0.2) is 138 Å². The van der Waals surface area contributed by atoms with Crippen molar-refractivity contribution in [2.75, 3.05) is 63.5 Å². The molecule has 11 nitrogen and oxygen atoms in total. The lowest BCUT2D eigenvalue weighted by atomic mass is 10.1. The van der Waals surface area contributed by atoms with E-state index in [1.165, 1.54) is 9.96 Å². The smallest absolute Gasteiger partial charge is 0.409 e. The van der Waals surface area contributed by atoms with Crippen LogP contribution >= 0.6 is 24.4 Å². The van der Waals surface area contributed by atoms with Gasteiger partial charge in [0.15, 0.2) is 5.11 Å². The summed E-state index contributed by atoms with van der Waals surface area (Å²) in [4.78, 5) is 20.9. The number of rotatable bonds is 1. The van der Waals surface area contributed by atoms with Gasteiger partial charge in [0.05, 0.1) is 7.11 Å². The molecule has 0 unspecified atom stereocenters. The van der Waals surface area contributed by atoms with E-state index in [9.17, 15) is 4.79 Å². The quantitative estimate of drug-likeness (QED) is 0.196. The standard InChI is InChI=1S/C7H16N2S.C7H15NO2.C7H15NOS.C6H15NO.C5H13NO.6CH4/c1-7(2,3)8-6(10)9(4)5;1-7(2,3)10-6(9)8(4)5;1-7(2,3)9-6(10)8(4)5;1-6(2,3)7(4)8-5;1-5(2,3)6(4)7;;;;;;/h1-5H3,(H,8,10);2*1-5H3;1-5H3;7H,1-4H3;6*1H4. The molecule has 13 heteroatoms. The van der Waals surface area contributed by atoms with Gasteiger partial charge in [-0.2, -0.15) is 10.1 Å². The van der Waals surface area contributed by atoms with Crippen molar-refractivity contribution in [3.63, 3.8) is 0 Å². The molecule has 322 valence electrons. The lowest BCUT2D eigenvalue weighted by Crippen LogP contribution is -2.45. The summed E-state index contributed by atoms with van der Waals surface area (Å²) in [5.41, 5.74) is -0.487. The number of nitrogens with one attached hydrogen (secondary N) is 1. The first-order valence-corrected chi connectivity index (χ1v) is 15.7. The molecular formula is C38H98N6O5S2. The normalized spacial score (nSPS) is 10.2. The number of hydrogen-bond donors (Lipinski definition) is 2. The van der Waals surface area contributed by atoms with E-state index in [0.29, 0.717) is 5.17 Å². The second-order valence-corrected chi connectivity index (χ2v) is 16.6. The van der Waals surface area contributed by atoms with Gasteiger partial charge in [0.1, 0.15) is 11.2 Å². The zero-order valence-electron chi connectivity index (χ0n) is 33.6. The van der Waals surface area contributed by atoms with Crippen LogP contribution in [0.5, 0.6) is 0 Å². The molecule has 0 spiro atoms. The Morgan fingerprint density at radius 2 is 0.843 bits per heavy atom. The predicted molar refractivity (Wildman–Crippen MR) is 240 cm³/mol. The van der Waals surface area contributed by atoms with Crippen molar-refractivity contribution in [3.8, 4) is 0 Å². The van der Waals surface area contributed by atoms with Crippen LogP contribution in [0.4, 0.5) is 4.79 Å². The number of carbonyl (C=O) groups excluding carboxylic acids is 1. The molecule has 1 amide bonds. The minimum absolute atomic E-state index is 0. The van der Waals surface area contributed by atoms with Gasteiger partial charge in [0, 0.05) is 73.0 Å². The molecule has 51 heavy (non-hydrogen) atoms. The summed E-state index contributed by atoms with van der Waals surface area (Å²) in [6.07, 6.45) is -0.299. The van der Waals surface area contributed by atoms with E-state index < -0.39 is 0 Å². The summed E-state index contributed by atoms with van der Waals surface area (Å²) >= 11 is 9.97. The van der Waals surface area contributed by atoms with Gasteiger partial charge in [0.2, 0.25) is 0 Å². The van der Waals surface area contributed by atoms with Crippen LogP contribution in [0.25, 0.3) is 0 Å². The second kappa shape index (κ2) is 34.3. The van der Waals surface area contributed by atoms with E-state index in [1.54, 1.807) is 33.2 Å². The molecule has 0 aliphatic rings. The van der Waals surface area contributed by atoms with Crippen molar-refractivity contribution >= 4 is 40.8 Å². The Morgan fingerprint density at radius 3 is 0.902 bits per heavy atom. The van der Waals surface area contributed by atoms with Crippen LogP contribution in [0.1, 0.15) is 148 Å². The maximum Gasteiger partial charge on any atom is 0.409 e. The van der Waals surface area contributed by atoms with Gasteiger partial charge in [-0.15, -0.1) is 0 Å². The van der Waals surface area contributed by atoms with Gasteiger partial charge in [-0.1, -0.05) is 44.6 Å². The molecule has 0 saturated heterocycles. The van der Waals surface area contributed by atoms with Crippen molar-refractivity contribution in [2.24, 2.45) is 0 Å². The lowest BCUT2D eigenvalue weighted by molar-refractivity contribution is -0.166. The van der Waals surface area contributed by atoms with E-state index in [1.807, 2.05) is 108 Å². The highest BCUT2D eigenvalue weighted by molar-refractivity contribution is 7.80. The van der Waals surface area contributed by atoms with Gasteiger partial charge in [-0.3, -0.25) is 0 Å². The Hall–Kier alpha value is -1.51. The number of hydroxylamine groups is 4. The predicted octanol–water partition coefficient (Wildman–Crippen LogP) is 10.6. The van der Waals surface area contributed by atoms with Gasteiger partial charge < -0.3 is 39.5 Å². The SMILES string of the molecule is C.C.C.C.C.C.CN(C)C(=O)OC(C)(C)C.CN(C)C(=S)NC(C)(C)C.CN(C)C(=S)OC(C)(C)C.CN(O)C(C)(C)C.CON(C)C(C)(C)C. The number of carbonyl (C=O) groups is 1. The van der Waals surface area contributed by atoms with Crippen molar-refractivity contribution in [1.82, 2.24) is 30.1 Å². The van der Waals surface area contributed by atoms with E-state index in [2.05, 4.69) is 46.9 Å².